The van der Waals surface area contributed by atoms with Crippen molar-refractivity contribution in [2.45, 2.75) is 6.42 Å². The topological polar surface area (TPSA) is 72.9 Å². The zero-order valence-electron chi connectivity index (χ0n) is 13.2. The maximum Gasteiger partial charge on any atom is 0.248 e. The first-order valence-corrected chi connectivity index (χ1v) is 8.00. The van der Waals surface area contributed by atoms with Gasteiger partial charge >= 0.3 is 0 Å². The Morgan fingerprint density at radius 3 is 2.88 bits per heavy atom. The summed E-state index contributed by atoms with van der Waals surface area (Å²) in [4.78, 5) is 16.0. The molecule has 0 spiro atoms. The summed E-state index contributed by atoms with van der Waals surface area (Å²) in [6.07, 6.45) is 7.05. The number of hydrogen-bond donors (Lipinski definition) is 2. The molecule has 5 nitrogen and oxygen atoms in total. The van der Waals surface area contributed by atoms with Gasteiger partial charge in [-0.05, 0) is 48.9 Å². The van der Waals surface area contributed by atoms with E-state index in [1.807, 2.05) is 30.3 Å². The Morgan fingerprint density at radius 2 is 2.17 bits per heavy atom. The number of fused-ring (bicyclic) bond motifs is 1. The molecule has 1 aliphatic heterocycles. The fourth-order valence-corrected chi connectivity index (χ4v) is 3.19. The summed E-state index contributed by atoms with van der Waals surface area (Å²) in [6.45, 7) is 1.82. The quantitative estimate of drug-likeness (QED) is 0.779. The van der Waals surface area contributed by atoms with Crippen LogP contribution in [-0.2, 0) is 0 Å². The molecule has 1 aromatic carbocycles. The lowest BCUT2D eigenvalue weighted by molar-refractivity contribution is 0.100. The molecule has 0 unspecified atom stereocenters. The average Bonchev–Trinajstić information content (AvgIpc) is 3.02. The summed E-state index contributed by atoms with van der Waals surface area (Å²) in [5, 5.41) is 4.36. The minimum atomic E-state index is -0.410. The van der Waals surface area contributed by atoms with Gasteiger partial charge in [-0.3, -0.25) is 4.79 Å². The number of amides is 1. The average molecular weight is 318 g/mol. The van der Waals surface area contributed by atoms with Gasteiger partial charge in [0.1, 0.15) is 5.82 Å². The maximum atomic E-state index is 11.6. The van der Waals surface area contributed by atoms with Crippen LogP contribution in [0.3, 0.4) is 0 Å². The Balaban J connectivity index is 1.98. The van der Waals surface area contributed by atoms with Crippen molar-refractivity contribution in [3.05, 3.63) is 66.0 Å². The Kier molecular flexibility index (Phi) is 3.63. The minimum Gasteiger partial charge on any atom is -0.366 e. The van der Waals surface area contributed by atoms with Crippen LogP contribution in [0.5, 0.6) is 0 Å². The zero-order chi connectivity index (χ0) is 16.5. The Hall–Kier alpha value is -2.92. The van der Waals surface area contributed by atoms with Crippen LogP contribution in [0.4, 0.5) is 0 Å². The third kappa shape index (κ3) is 2.49. The molecule has 5 heteroatoms. The van der Waals surface area contributed by atoms with Crippen LogP contribution < -0.4 is 11.1 Å². The first-order valence-electron chi connectivity index (χ1n) is 8.00. The van der Waals surface area contributed by atoms with Gasteiger partial charge in [-0.25, -0.2) is 4.98 Å². The third-order valence-electron chi connectivity index (χ3n) is 4.39. The first kappa shape index (κ1) is 14.7. The molecule has 3 N–H and O–H groups in total. The second-order valence-electron chi connectivity index (χ2n) is 5.88. The molecule has 24 heavy (non-hydrogen) atoms. The maximum absolute atomic E-state index is 11.6. The molecular weight excluding hydrogens is 300 g/mol. The number of hydrogen-bond acceptors (Lipinski definition) is 3. The minimum absolute atomic E-state index is 0.410. The van der Waals surface area contributed by atoms with Gasteiger partial charge in [-0.2, -0.15) is 0 Å². The van der Waals surface area contributed by atoms with Crippen molar-refractivity contribution in [1.82, 2.24) is 14.9 Å². The summed E-state index contributed by atoms with van der Waals surface area (Å²) >= 11 is 0. The van der Waals surface area contributed by atoms with Gasteiger partial charge in [0.25, 0.3) is 0 Å². The lowest BCUT2D eigenvalue weighted by Crippen LogP contribution is -2.19. The lowest BCUT2D eigenvalue weighted by atomic mass is 9.99. The second-order valence-corrected chi connectivity index (χ2v) is 5.88. The molecule has 3 heterocycles. The number of carbonyl (C=O) groups excluding carboxylic acids is 1. The highest BCUT2D eigenvalue weighted by molar-refractivity contribution is 6.01. The fourth-order valence-electron chi connectivity index (χ4n) is 3.19. The van der Waals surface area contributed by atoms with Gasteiger partial charge in [0.15, 0.2) is 0 Å². The van der Waals surface area contributed by atoms with E-state index in [9.17, 15) is 4.79 Å². The lowest BCUT2D eigenvalue weighted by Gasteiger charge is -2.13. The number of nitrogens with zero attached hydrogens (tertiary/aromatic N) is 2. The van der Waals surface area contributed by atoms with Crippen LogP contribution in [0, 0.1) is 0 Å². The van der Waals surface area contributed by atoms with Crippen LogP contribution in [0.2, 0.25) is 0 Å². The molecule has 1 aliphatic rings. The van der Waals surface area contributed by atoms with Crippen molar-refractivity contribution >= 4 is 22.4 Å². The van der Waals surface area contributed by atoms with Gasteiger partial charge in [-0.15, -0.1) is 0 Å². The summed E-state index contributed by atoms with van der Waals surface area (Å²) in [7, 11) is 0. The smallest absolute Gasteiger partial charge is 0.248 e. The zero-order valence-corrected chi connectivity index (χ0v) is 13.2. The number of carbonyl (C=O) groups is 1. The largest absolute Gasteiger partial charge is 0.366 e. The number of aromatic nitrogens is 2. The molecule has 1 amide bonds. The molecule has 0 bridgehead atoms. The van der Waals surface area contributed by atoms with E-state index >= 15 is 0 Å². The van der Waals surface area contributed by atoms with E-state index in [-0.39, 0.29) is 0 Å². The van der Waals surface area contributed by atoms with E-state index in [0.29, 0.717) is 5.56 Å². The van der Waals surface area contributed by atoms with Crippen LogP contribution >= 0.6 is 0 Å². The van der Waals surface area contributed by atoms with Gasteiger partial charge in [-0.1, -0.05) is 12.1 Å². The second kappa shape index (κ2) is 5.94. The monoisotopic (exact) mass is 318 g/mol. The highest BCUT2D eigenvalue weighted by atomic mass is 16.1. The van der Waals surface area contributed by atoms with E-state index in [4.69, 9.17) is 5.73 Å². The predicted molar refractivity (Wildman–Crippen MR) is 95.1 cm³/mol. The summed E-state index contributed by atoms with van der Waals surface area (Å²) < 4.78 is 2.07. The molecule has 4 rings (SSSR count). The number of nitrogens with two attached hydrogens (primary N) is 1. The number of benzene rings is 1. The van der Waals surface area contributed by atoms with Crippen LogP contribution in [0.15, 0.2) is 54.9 Å². The van der Waals surface area contributed by atoms with Gasteiger partial charge in [0.2, 0.25) is 5.91 Å². The van der Waals surface area contributed by atoms with Crippen molar-refractivity contribution in [3.8, 4) is 5.82 Å². The third-order valence-corrected chi connectivity index (χ3v) is 4.39. The van der Waals surface area contributed by atoms with E-state index in [0.717, 1.165) is 41.8 Å². The Morgan fingerprint density at radius 1 is 1.25 bits per heavy atom. The fraction of sp³-hybridized carbons (Fsp3) is 0.158. The molecule has 0 fully saturated rings. The first-order chi connectivity index (χ1) is 11.7. The normalized spacial score (nSPS) is 14.6. The molecule has 3 aromatic rings. The van der Waals surface area contributed by atoms with Gasteiger partial charge < -0.3 is 15.6 Å². The highest BCUT2D eigenvalue weighted by Crippen LogP contribution is 2.32. The van der Waals surface area contributed by atoms with Crippen LogP contribution in [0.1, 0.15) is 22.3 Å². The molecule has 0 radical (unpaired) electrons. The van der Waals surface area contributed by atoms with Crippen LogP contribution in [-0.4, -0.2) is 28.5 Å². The number of nitrogens with one attached hydrogen (secondary N) is 1. The molecule has 0 saturated heterocycles. The van der Waals surface area contributed by atoms with E-state index in [2.05, 4.69) is 27.1 Å². The van der Waals surface area contributed by atoms with Crippen molar-refractivity contribution in [3.63, 3.8) is 0 Å². The van der Waals surface area contributed by atoms with E-state index in [1.165, 1.54) is 5.57 Å². The summed E-state index contributed by atoms with van der Waals surface area (Å²) in [5.74, 6) is 0.447. The van der Waals surface area contributed by atoms with E-state index in [1.54, 1.807) is 12.3 Å². The van der Waals surface area contributed by atoms with Gasteiger partial charge in [0.05, 0.1) is 5.52 Å². The van der Waals surface area contributed by atoms with Crippen molar-refractivity contribution in [2.75, 3.05) is 13.1 Å². The molecule has 2 aromatic heterocycles. The number of pyridine rings is 1. The van der Waals surface area contributed by atoms with Gasteiger partial charge in [0, 0.05) is 35.5 Å². The van der Waals surface area contributed by atoms with E-state index < -0.39 is 5.91 Å². The molecule has 120 valence electrons. The Labute approximate surface area is 139 Å². The van der Waals surface area contributed by atoms with Crippen molar-refractivity contribution in [2.24, 2.45) is 5.73 Å². The standard InChI is InChI=1S/C19H18N4O/c20-19(24)14-4-5-17-15(11-14)16(13-6-9-21-10-7-13)12-23(17)18-3-1-2-8-22-18/h1-6,8,11-12,21H,7,9-10H2,(H2,20,24). The Bertz CT molecular complexity index is 941. The number of primary amides is 1. The molecular formula is C19H18N4O. The van der Waals surface area contributed by atoms with Crippen molar-refractivity contribution in [1.29, 1.82) is 0 Å². The number of rotatable bonds is 3. The van der Waals surface area contributed by atoms with Crippen LogP contribution in [0.25, 0.3) is 22.3 Å². The molecule has 0 atom stereocenters. The summed E-state index contributed by atoms with van der Waals surface area (Å²) in [6, 6.07) is 11.4. The predicted octanol–water partition coefficient (Wildman–Crippen LogP) is 2.50. The van der Waals surface area contributed by atoms with Crippen molar-refractivity contribution < 1.29 is 4.79 Å². The molecule has 0 saturated carbocycles. The summed E-state index contributed by atoms with van der Waals surface area (Å²) in [5.41, 5.74) is 9.44. The molecule has 0 aliphatic carbocycles. The SMILES string of the molecule is NC(=O)c1ccc2c(c1)c(C1=CCNCC1)cn2-c1ccccn1. The highest BCUT2D eigenvalue weighted by Gasteiger charge is 2.16.